The van der Waals surface area contributed by atoms with Gasteiger partial charge in [0.15, 0.2) is 0 Å². The summed E-state index contributed by atoms with van der Waals surface area (Å²) < 4.78 is 0. The van der Waals surface area contributed by atoms with Gasteiger partial charge in [0.2, 0.25) is 0 Å². The largest absolute Gasteiger partial charge is 0.158 e. The lowest BCUT2D eigenvalue weighted by Gasteiger charge is -2.18. The Morgan fingerprint density at radius 2 is 0.643 bits per heavy atom. The van der Waals surface area contributed by atoms with Crippen LogP contribution >= 0.6 is 0 Å². The van der Waals surface area contributed by atoms with Crippen LogP contribution in [0.1, 0.15) is 113 Å². The number of benzene rings is 1. The van der Waals surface area contributed by atoms with E-state index in [4.69, 9.17) is 15.3 Å². The van der Waals surface area contributed by atoms with Crippen LogP contribution in [0.5, 0.6) is 0 Å². The molecule has 0 amide bonds. The van der Waals surface area contributed by atoms with Crippen molar-refractivity contribution in [1.29, 1.82) is 0 Å². The van der Waals surface area contributed by atoms with Crippen molar-refractivity contribution in [3.63, 3.8) is 0 Å². The normalized spacial score (nSPS) is 11.3. The lowest BCUT2D eigenvalue weighted by molar-refractivity contribution is 0.830. The molecule has 0 N–H and O–H groups in total. The second-order valence-corrected chi connectivity index (χ2v) is 11.4. The third-order valence-electron chi connectivity index (χ3n) is 7.95. The minimum Gasteiger partial charge on any atom is -0.158 e. The van der Waals surface area contributed by atoms with Crippen LogP contribution in [0.3, 0.4) is 0 Å². The summed E-state index contributed by atoms with van der Waals surface area (Å²) in [7, 11) is 0. The molecule has 222 valence electrons. The van der Waals surface area contributed by atoms with E-state index in [1.165, 1.54) is 33.4 Å². The number of hydrogen-bond acceptors (Lipinski definition) is 6. The molecule has 0 saturated carbocycles. The van der Waals surface area contributed by atoms with Crippen molar-refractivity contribution in [2.75, 3.05) is 0 Å². The number of aromatic nitrogens is 6. The van der Waals surface area contributed by atoms with E-state index in [1.54, 1.807) is 0 Å². The Labute approximate surface area is 252 Å². The highest BCUT2D eigenvalue weighted by Crippen LogP contribution is 2.37. The molecule has 0 aliphatic heterocycles. The van der Waals surface area contributed by atoms with Crippen LogP contribution in [0.4, 0.5) is 0 Å². The van der Waals surface area contributed by atoms with Crippen molar-refractivity contribution in [2.45, 2.75) is 119 Å². The molecule has 6 heteroatoms. The topological polar surface area (TPSA) is 77.3 Å². The molecule has 0 fully saturated rings. The van der Waals surface area contributed by atoms with E-state index >= 15 is 0 Å². The predicted octanol–water partition coefficient (Wildman–Crippen LogP) is 8.77. The summed E-state index contributed by atoms with van der Waals surface area (Å²) in [5.74, 6) is 0. The third-order valence-corrected chi connectivity index (χ3v) is 7.95. The van der Waals surface area contributed by atoms with E-state index in [-0.39, 0.29) is 0 Å². The highest BCUT2D eigenvalue weighted by atomic mass is 15.1. The van der Waals surface area contributed by atoms with Gasteiger partial charge in [0.1, 0.15) is 0 Å². The lowest BCUT2D eigenvalue weighted by Crippen LogP contribution is -2.06. The van der Waals surface area contributed by atoms with E-state index in [9.17, 15) is 0 Å². The van der Waals surface area contributed by atoms with Crippen molar-refractivity contribution in [2.24, 2.45) is 0 Å². The van der Waals surface area contributed by atoms with Crippen LogP contribution in [0.15, 0.2) is 36.8 Å². The maximum atomic E-state index is 4.77. The quantitative estimate of drug-likeness (QED) is 0.144. The van der Waals surface area contributed by atoms with Crippen LogP contribution in [0, 0.1) is 0 Å². The van der Waals surface area contributed by atoms with Gasteiger partial charge in [-0.1, -0.05) is 80.1 Å². The Morgan fingerprint density at radius 3 is 0.881 bits per heavy atom. The van der Waals surface area contributed by atoms with Crippen LogP contribution in [0.25, 0.3) is 33.8 Å². The fourth-order valence-corrected chi connectivity index (χ4v) is 6.11. The minimum atomic E-state index is 0.968. The summed E-state index contributed by atoms with van der Waals surface area (Å²) in [5.41, 5.74) is 13.9. The first-order valence-corrected chi connectivity index (χ1v) is 16.3. The first-order chi connectivity index (χ1) is 20.6. The summed E-state index contributed by atoms with van der Waals surface area (Å²) in [4.78, 5) is 0. The van der Waals surface area contributed by atoms with Gasteiger partial charge in [-0.2, -0.15) is 30.6 Å². The molecule has 42 heavy (non-hydrogen) atoms. The smallest absolute Gasteiger partial charge is 0.0964 e. The number of hydrogen-bond donors (Lipinski definition) is 0. The summed E-state index contributed by atoms with van der Waals surface area (Å²) in [6.07, 6.45) is 18.2. The first-order valence-electron chi connectivity index (χ1n) is 16.3. The summed E-state index contributed by atoms with van der Waals surface area (Å²) in [5, 5.41) is 27.8. The Morgan fingerprint density at radius 1 is 0.381 bits per heavy atom. The molecule has 4 aromatic rings. The molecular weight excluding hydrogens is 516 g/mol. The molecule has 0 radical (unpaired) electrons. The Bertz CT molecular complexity index is 1270. The second kappa shape index (κ2) is 15.6. The molecule has 0 aliphatic rings. The zero-order valence-corrected chi connectivity index (χ0v) is 26.6. The van der Waals surface area contributed by atoms with Gasteiger partial charge in [-0.3, -0.25) is 0 Å². The van der Waals surface area contributed by atoms with Crippen LogP contribution in [-0.4, -0.2) is 30.6 Å². The van der Waals surface area contributed by atoms with Gasteiger partial charge >= 0.3 is 0 Å². The zero-order valence-electron chi connectivity index (χ0n) is 26.6. The first kappa shape index (κ1) is 31.4. The molecule has 0 aliphatic carbocycles. The number of nitrogens with zero attached hydrogens (tertiary/aromatic N) is 6. The van der Waals surface area contributed by atoms with Crippen molar-refractivity contribution in [3.8, 4) is 33.8 Å². The number of aryl methyl sites for hydroxylation is 3. The highest BCUT2D eigenvalue weighted by molar-refractivity contribution is 5.81. The van der Waals surface area contributed by atoms with Crippen LogP contribution in [0.2, 0.25) is 0 Å². The van der Waals surface area contributed by atoms with Gasteiger partial charge in [0.25, 0.3) is 0 Å². The van der Waals surface area contributed by atoms with E-state index in [1.807, 2.05) is 18.6 Å². The predicted molar refractivity (Wildman–Crippen MR) is 173 cm³/mol. The van der Waals surface area contributed by atoms with Crippen molar-refractivity contribution in [3.05, 3.63) is 70.2 Å². The maximum Gasteiger partial charge on any atom is 0.0964 e. The van der Waals surface area contributed by atoms with E-state index in [0.29, 0.717) is 0 Å². The minimum absolute atomic E-state index is 0.968. The average molecular weight is 565 g/mol. The third kappa shape index (κ3) is 7.08. The summed E-state index contributed by atoms with van der Waals surface area (Å²) >= 11 is 0. The lowest BCUT2D eigenvalue weighted by atomic mass is 9.89. The fourth-order valence-electron chi connectivity index (χ4n) is 6.11. The van der Waals surface area contributed by atoms with Crippen LogP contribution < -0.4 is 0 Å². The van der Waals surface area contributed by atoms with Crippen LogP contribution in [-0.2, 0) is 38.5 Å². The Balaban J connectivity index is 2.05. The Hall–Kier alpha value is -3.54. The molecule has 3 heterocycles. The maximum absolute atomic E-state index is 4.77. The molecular formula is C36H48N6. The van der Waals surface area contributed by atoms with Crippen molar-refractivity contribution >= 4 is 0 Å². The zero-order chi connectivity index (χ0) is 29.9. The molecule has 0 unspecified atom stereocenters. The summed E-state index contributed by atoms with van der Waals surface area (Å²) in [6.45, 7) is 13.4. The molecule has 4 rings (SSSR count). The Kier molecular flexibility index (Phi) is 11.7. The van der Waals surface area contributed by atoms with Gasteiger partial charge in [0.05, 0.1) is 35.7 Å². The molecule has 1 aromatic carbocycles. The van der Waals surface area contributed by atoms with Crippen molar-refractivity contribution in [1.82, 2.24) is 30.6 Å². The van der Waals surface area contributed by atoms with Gasteiger partial charge in [-0.05, 0) is 90.1 Å². The van der Waals surface area contributed by atoms with E-state index < -0.39 is 0 Å². The monoisotopic (exact) mass is 564 g/mol. The standard InChI is InChI=1S/C36H48N6/c1-7-13-25-22-37-40-34(31(25)16-10-4)28-19-29(35-32(17-11-5)26(14-8-2)23-38-41-35)21-30(20-28)36-33(18-12-6)27(15-9-3)24-39-42-36/h19-24H,7-18H2,1-6H3. The second-order valence-electron chi connectivity index (χ2n) is 11.4. The average Bonchev–Trinajstić information content (AvgIpc) is 3.00. The molecule has 6 nitrogen and oxygen atoms in total. The number of rotatable bonds is 15. The van der Waals surface area contributed by atoms with Crippen molar-refractivity contribution < 1.29 is 0 Å². The van der Waals surface area contributed by atoms with Gasteiger partial charge in [-0.15, -0.1) is 0 Å². The molecule has 0 atom stereocenters. The highest BCUT2D eigenvalue weighted by Gasteiger charge is 2.20. The molecule has 0 saturated heterocycles. The molecule has 0 spiro atoms. The van der Waals surface area contributed by atoms with E-state index in [2.05, 4.69) is 75.0 Å². The van der Waals surface area contributed by atoms with Gasteiger partial charge in [-0.25, -0.2) is 0 Å². The SMILES string of the molecule is CCCc1cnnc(-c2cc(-c3nncc(CCC)c3CCC)cc(-c3nncc(CCC)c3CCC)c2)c1CCC. The fraction of sp³-hybridized carbons (Fsp3) is 0.500. The van der Waals surface area contributed by atoms with Gasteiger partial charge in [0, 0.05) is 16.7 Å². The summed E-state index contributed by atoms with van der Waals surface area (Å²) in [6, 6.07) is 6.76. The molecule has 0 bridgehead atoms. The van der Waals surface area contributed by atoms with E-state index in [0.717, 1.165) is 111 Å². The molecule has 3 aromatic heterocycles. The van der Waals surface area contributed by atoms with Gasteiger partial charge < -0.3 is 0 Å².